The Balaban J connectivity index is 2.05. The zero-order valence-corrected chi connectivity index (χ0v) is 11.7. The number of rotatable bonds is 3. The van der Waals surface area contributed by atoms with Crippen LogP contribution in [0.1, 0.15) is 17.2 Å². The molecule has 1 aromatic carbocycles. The summed E-state index contributed by atoms with van der Waals surface area (Å²) in [6.45, 7) is 0. The smallest absolute Gasteiger partial charge is 0.170 e. The molecule has 20 heavy (non-hydrogen) atoms. The monoisotopic (exact) mass is 288 g/mol. The second-order valence-corrected chi connectivity index (χ2v) is 5.36. The van der Waals surface area contributed by atoms with E-state index < -0.39 is 11.9 Å². The minimum absolute atomic E-state index is 0.197. The van der Waals surface area contributed by atoms with Crippen molar-refractivity contribution < 1.29 is 9.13 Å². The van der Waals surface area contributed by atoms with E-state index in [1.807, 2.05) is 17.5 Å². The Bertz CT molecular complexity index is 756. The molecule has 102 valence electrons. The van der Waals surface area contributed by atoms with Crippen molar-refractivity contribution in [3.05, 3.63) is 58.9 Å². The summed E-state index contributed by atoms with van der Waals surface area (Å²) < 4.78 is 20.3. The van der Waals surface area contributed by atoms with Crippen LogP contribution >= 0.6 is 11.3 Å². The molecule has 0 aliphatic rings. The molecule has 5 heteroatoms. The van der Waals surface area contributed by atoms with Crippen LogP contribution in [0.5, 0.6) is 5.75 Å². The number of benzene rings is 1. The van der Waals surface area contributed by atoms with E-state index in [2.05, 4.69) is 4.98 Å². The van der Waals surface area contributed by atoms with Gasteiger partial charge in [-0.1, -0.05) is 12.1 Å². The molecule has 0 aliphatic carbocycles. The highest BCUT2D eigenvalue weighted by Crippen LogP contribution is 2.29. The lowest BCUT2D eigenvalue weighted by atomic mass is 10.00. The maximum atomic E-state index is 14.2. The van der Waals surface area contributed by atoms with Crippen molar-refractivity contribution in [1.82, 2.24) is 4.98 Å². The van der Waals surface area contributed by atoms with Crippen LogP contribution in [-0.2, 0) is 0 Å². The topological polar surface area (TPSA) is 48.1 Å². The molecule has 1 atom stereocenters. The van der Waals surface area contributed by atoms with Crippen LogP contribution in [0.15, 0.2) is 41.9 Å². The molecule has 3 nitrogen and oxygen atoms in total. The molecule has 3 aromatic rings. The number of halogens is 1. The minimum Gasteiger partial charge on any atom is -0.494 e. The number of aromatic nitrogens is 1. The first-order chi connectivity index (χ1) is 9.70. The number of nitrogens with zero attached hydrogens (tertiary/aromatic N) is 1. The predicted molar refractivity (Wildman–Crippen MR) is 78.6 cm³/mol. The van der Waals surface area contributed by atoms with Crippen LogP contribution in [0.2, 0.25) is 0 Å². The van der Waals surface area contributed by atoms with Crippen molar-refractivity contribution in [1.29, 1.82) is 0 Å². The molecule has 2 heterocycles. The summed E-state index contributed by atoms with van der Waals surface area (Å²) in [4.78, 5) is 4.34. The molecule has 0 amide bonds. The van der Waals surface area contributed by atoms with Crippen molar-refractivity contribution in [3.8, 4) is 5.75 Å². The Morgan fingerprint density at radius 1 is 1.35 bits per heavy atom. The van der Waals surface area contributed by atoms with Crippen molar-refractivity contribution in [2.75, 3.05) is 7.11 Å². The number of thiophene rings is 1. The average molecular weight is 288 g/mol. The summed E-state index contributed by atoms with van der Waals surface area (Å²) in [7, 11) is 1.44. The highest BCUT2D eigenvalue weighted by Gasteiger charge is 2.17. The number of ether oxygens (including phenoxy) is 1. The fourth-order valence-corrected chi connectivity index (χ4v) is 2.93. The molecule has 0 radical (unpaired) electrons. The van der Waals surface area contributed by atoms with Gasteiger partial charge in [0.15, 0.2) is 11.6 Å². The minimum atomic E-state index is -0.566. The van der Waals surface area contributed by atoms with Crippen molar-refractivity contribution in [2.24, 2.45) is 5.73 Å². The van der Waals surface area contributed by atoms with Gasteiger partial charge in [-0.2, -0.15) is 0 Å². The molecule has 1 unspecified atom stereocenters. The van der Waals surface area contributed by atoms with Crippen LogP contribution < -0.4 is 10.5 Å². The zero-order chi connectivity index (χ0) is 14.1. The van der Waals surface area contributed by atoms with Crippen molar-refractivity contribution in [3.63, 3.8) is 0 Å². The summed E-state index contributed by atoms with van der Waals surface area (Å²) in [5, 5.41) is 1.97. The summed E-state index contributed by atoms with van der Waals surface area (Å²) in [5.41, 5.74) is 8.29. The van der Waals surface area contributed by atoms with Crippen molar-refractivity contribution in [2.45, 2.75) is 6.04 Å². The Kier molecular flexibility index (Phi) is 3.38. The Hall–Kier alpha value is -1.98. The van der Waals surface area contributed by atoms with Gasteiger partial charge in [-0.3, -0.25) is 4.98 Å². The van der Waals surface area contributed by atoms with Gasteiger partial charge in [0, 0.05) is 11.8 Å². The van der Waals surface area contributed by atoms with E-state index >= 15 is 0 Å². The second kappa shape index (κ2) is 5.19. The first-order valence-electron chi connectivity index (χ1n) is 6.12. The number of pyridine rings is 1. The van der Waals surface area contributed by atoms with Crippen LogP contribution in [0.25, 0.3) is 10.2 Å². The fourth-order valence-electron chi connectivity index (χ4n) is 2.14. The van der Waals surface area contributed by atoms with E-state index in [1.165, 1.54) is 7.11 Å². The summed E-state index contributed by atoms with van der Waals surface area (Å²) in [6, 6.07) is 8.31. The number of hydrogen-bond acceptors (Lipinski definition) is 4. The Morgan fingerprint density at radius 2 is 2.20 bits per heavy atom. The molecule has 0 fully saturated rings. The number of fused-ring (bicyclic) bond motifs is 1. The van der Waals surface area contributed by atoms with Crippen LogP contribution in [0.4, 0.5) is 4.39 Å². The number of hydrogen-bond donors (Lipinski definition) is 1. The molecule has 3 rings (SSSR count). The first-order valence-corrected chi connectivity index (χ1v) is 7.00. The Labute approximate surface area is 119 Å². The first kappa shape index (κ1) is 13.0. The standard InChI is InChI=1S/C15H13FN2OS/c1-19-12-4-2-3-10(14(12)16)15(17)9-7-13-11(18-8-9)5-6-20-13/h2-8,15H,17H2,1H3. The SMILES string of the molecule is COc1cccc(C(N)c2cnc3ccsc3c2)c1F. The fraction of sp³-hybridized carbons (Fsp3) is 0.133. The van der Waals surface area contributed by atoms with Gasteiger partial charge in [0.05, 0.1) is 23.4 Å². The zero-order valence-electron chi connectivity index (χ0n) is 10.8. The third-order valence-corrected chi connectivity index (χ3v) is 4.08. The molecular weight excluding hydrogens is 275 g/mol. The summed E-state index contributed by atoms with van der Waals surface area (Å²) >= 11 is 1.59. The molecule has 0 saturated carbocycles. The van der Waals surface area contributed by atoms with Gasteiger partial charge in [-0.25, -0.2) is 4.39 Å². The average Bonchev–Trinajstić information content (AvgIpc) is 2.94. The highest BCUT2D eigenvalue weighted by atomic mass is 32.1. The molecule has 2 N–H and O–H groups in total. The van der Waals surface area contributed by atoms with E-state index in [9.17, 15) is 4.39 Å². The molecule has 2 aromatic heterocycles. The van der Waals surface area contributed by atoms with E-state index in [0.717, 1.165) is 15.8 Å². The Morgan fingerprint density at radius 3 is 3.00 bits per heavy atom. The van der Waals surface area contributed by atoms with Crippen LogP contribution in [-0.4, -0.2) is 12.1 Å². The van der Waals surface area contributed by atoms with E-state index in [4.69, 9.17) is 10.5 Å². The number of nitrogens with two attached hydrogens (primary N) is 1. The van der Waals surface area contributed by atoms with Gasteiger partial charge >= 0.3 is 0 Å². The van der Waals surface area contributed by atoms with Gasteiger partial charge < -0.3 is 10.5 Å². The number of methoxy groups -OCH3 is 1. The van der Waals surface area contributed by atoms with Gasteiger partial charge in [-0.15, -0.1) is 11.3 Å². The lowest BCUT2D eigenvalue weighted by Crippen LogP contribution is -2.14. The summed E-state index contributed by atoms with van der Waals surface area (Å²) in [5.74, 6) is -0.225. The van der Waals surface area contributed by atoms with Gasteiger partial charge in [0.2, 0.25) is 0 Å². The molecule has 0 saturated heterocycles. The maximum Gasteiger partial charge on any atom is 0.170 e. The lowest BCUT2D eigenvalue weighted by Gasteiger charge is -2.14. The van der Waals surface area contributed by atoms with Gasteiger partial charge in [0.25, 0.3) is 0 Å². The van der Waals surface area contributed by atoms with Crippen molar-refractivity contribution >= 4 is 21.6 Å². The molecule has 0 spiro atoms. The quantitative estimate of drug-likeness (QED) is 0.802. The second-order valence-electron chi connectivity index (χ2n) is 4.41. The maximum absolute atomic E-state index is 14.2. The van der Waals surface area contributed by atoms with Gasteiger partial charge in [-0.05, 0) is 29.1 Å². The van der Waals surface area contributed by atoms with Crippen LogP contribution in [0, 0.1) is 5.82 Å². The molecule has 0 bridgehead atoms. The molecular formula is C15H13FN2OS. The largest absolute Gasteiger partial charge is 0.494 e. The highest BCUT2D eigenvalue weighted by molar-refractivity contribution is 7.17. The normalized spacial score (nSPS) is 12.6. The third-order valence-electron chi connectivity index (χ3n) is 3.23. The van der Waals surface area contributed by atoms with Gasteiger partial charge in [0.1, 0.15) is 0 Å². The van der Waals surface area contributed by atoms with E-state index in [1.54, 1.807) is 35.7 Å². The summed E-state index contributed by atoms with van der Waals surface area (Å²) in [6.07, 6.45) is 1.69. The van der Waals surface area contributed by atoms with Crippen LogP contribution in [0.3, 0.4) is 0 Å². The lowest BCUT2D eigenvalue weighted by molar-refractivity contribution is 0.383. The third kappa shape index (κ3) is 2.15. The van der Waals surface area contributed by atoms with E-state index in [-0.39, 0.29) is 5.75 Å². The predicted octanol–water partition coefficient (Wildman–Crippen LogP) is 3.49. The molecule has 0 aliphatic heterocycles. The van der Waals surface area contributed by atoms with E-state index in [0.29, 0.717) is 5.56 Å².